The molecule has 5 heterocycles. The minimum atomic E-state index is -0.395. The molecule has 5 rings (SSSR count). The Morgan fingerprint density at radius 2 is 2.03 bits per heavy atom. The van der Waals surface area contributed by atoms with Crippen molar-refractivity contribution in [3.05, 3.63) is 59.9 Å². The fraction of sp³-hybridized carbons (Fsp3) is 0.273. The third-order valence-electron chi connectivity index (χ3n) is 5.34. The number of aromatic nitrogens is 5. The molecule has 8 heteroatoms. The highest BCUT2D eigenvalue weighted by Gasteiger charge is 2.22. The van der Waals surface area contributed by atoms with Gasteiger partial charge in [-0.25, -0.2) is 9.37 Å². The Morgan fingerprint density at radius 1 is 1.13 bits per heavy atom. The van der Waals surface area contributed by atoms with Crippen molar-refractivity contribution in [1.29, 1.82) is 0 Å². The van der Waals surface area contributed by atoms with Gasteiger partial charge in [-0.1, -0.05) is 0 Å². The van der Waals surface area contributed by atoms with Gasteiger partial charge in [0, 0.05) is 30.4 Å². The molecule has 4 aromatic rings. The van der Waals surface area contributed by atoms with Crippen LogP contribution in [0.5, 0.6) is 0 Å². The Bertz CT molecular complexity index is 1230. The third kappa shape index (κ3) is 3.29. The number of anilines is 2. The summed E-state index contributed by atoms with van der Waals surface area (Å²) in [6.07, 6.45) is 6.17. The Balaban J connectivity index is 1.57. The van der Waals surface area contributed by atoms with Gasteiger partial charge >= 0.3 is 0 Å². The van der Waals surface area contributed by atoms with Crippen LogP contribution in [0.15, 0.2) is 42.9 Å². The molecule has 1 saturated heterocycles. The van der Waals surface area contributed by atoms with Crippen molar-refractivity contribution < 1.29 is 9.13 Å². The first kappa shape index (κ1) is 18.6. The second kappa shape index (κ2) is 7.46. The normalized spacial score (nSPS) is 16.3. The predicted molar refractivity (Wildman–Crippen MR) is 112 cm³/mol. The molecule has 0 amide bonds. The molecule has 1 aliphatic rings. The summed E-state index contributed by atoms with van der Waals surface area (Å²) in [4.78, 5) is 13.2. The molecule has 1 N–H and O–H groups in total. The van der Waals surface area contributed by atoms with E-state index in [1.807, 2.05) is 30.7 Å². The average molecular weight is 404 g/mol. The second-order valence-corrected chi connectivity index (χ2v) is 7.49. The lowest BCUT2D eigenvalue weighted by Gasteiger charge is -2.15. The topological polar surface area (TPSA) is 77.8 Å². The number of halogens is 1. The van der Waals surface area contributed by atoms with Gasteiger partial charge < -0.3 is 10.1 Å². The minimum absolute atomic E-state index is 0.187. The number of fused-ring (bicyclic) bond motifs is 1. The smallest absolute Gasteiger partial charge is 0.151 e. The standard InChI is InChI=1S/C22H21FN6O/c1-13-10-25-19(21-16(23)4-3-14(2)27-21)9-18(13)28-17-5-7-24-20-11-26-29(22(17)20)15-6-8-30-12-15/h3-5,7,9-11,15H,6,8,12H2,1-2H3,(H,24,25,28). The largest absolute Gasteiger partial charge is 0.379 e. The fourth-order valence-corrected chi connectivity index (χ4v) is 3.73. The summed E-state index contributed by atoms with van der Waals surface area (Å²) in [6.45, 7) is 5.16. The molecular formula is C22H21FN6O. The molecule has 152 valence electrons. The van der Waals surface area contributed by atoms with E-state index in [9.17, 15) is 4.39 Å². The van der Waals surface area contributed by atoms with Crippen molar-refractivity contribution >= 4 is 22.4 Å². The number of hydrogen-bond donors (Lipinski definition) is 1. The number of nitrogens with zero attached hydrogens (tertiary/aromatic N) is 5. The lowest BCUT2D eigenvalue weighted by atomic mass is 10.1. The molecule has 0 aromatic carbocycles. The Kier molecular flexibility index (Phi) is 4.63. The van der Waals surface area contributed by atoms with E-state index >= 15 is 0 Å². The van der Waals surface area contributed by atoms with Gasteiger partial charge in [-0.3, -0.25) is 14.6 Å². The molecule has 0 radical (unpaired) electrons. The minimum Gasteiger partial charge on any atom is -0.379 e. The number of ether oxygens (including phenoxy) is 1. The molecule has 1 unspecified atom stereocenters. The van der Waals surface area contributed by atoms with Crippen molar-refractivity contribution in [3.63, 3.8) is 0 Å². The zero-order valence-electron chi connectivity index (χ0n) is 16.8. The molecule has 1 atom stereocenters. The summed E-state index contributed by atoms with van der Waals surface area (Å²) in [6, 6.07) is 6.99. The lowest BCUT2D eigenvalue weighted by molar-refractivity contribution is 0.185. The van der Waals surface area contributed by atoms with Crippen LogP contribution >= 0.6 is 0 Å². The molecular weight excluding hydrogens is 383 g/mol. The predicted octanol–water partition coefficient (Wildman–Crippen LogP) is 4.35. The highest BCUT2D eigenvalue weighted by molar-refractivity contribution is 5.90. The van der Waals surface area contributed by atoms with E-state index in [1.54, 1.807) is 24.7 Å². The van der Waals surface area contributed by atoms with Crippen LogP contribution in [0.3, 0.4) is 0 Å². The van der Waals surface area contributed by atoms with E-state index < -0.39 is 5.82 Å². The highest BCUT2D eigenvalue weighted by atomic mass is 19.1. The van der Waals surface area contributed by atoms with E-state index in [0.29, 0.717) is 12.3 Å². The van der Waals surface area contributed by atoms with Gasteiger partial charge in [0.05, 0.1) is 30.2 Å². The van der Waals surface area contributed by atoms with Crippen molar-refractivity contribution in [2.45, 2.75) is 26.3 Å². The summed E-state index contributed by atoms with van der Waals surface area (Å²) in [5.74, 6) is -0.395. The van der Waals surface area contributed by atoms with Crippen molar-refractivity contribution in [1.82, 2.24) is 24.7 Å². The molecule has 0 saturated carbocycles. The van der Waals surface area contributed by atoms with Gasteiger partial charge in [0.2, 0.25) is 0 Å². The number of rotatable bonds is 4. The Hall–Kier alpha value is -3.39. The SMILES string of the molecule is Cc1ccc(F)c(-c2cc(Nc3ccnc4cnn(C5CCOC5)c34)c(C)cn2)n1. The summed E-state index contributed by atoms with van der Waals surface area (Å²) >= 11 is 0. The lowest BCUT2D eigenvalue weighted by Crippen LogP contribution is -2.11. The summed E-state index contributed by atoms with van der Waals surface area (Å²) < 4.78 is 21.9. The molecule has 0 aliphatic carbocycles. The van der Waals surface area contributed by atoms with Crippen LogP contribution in [0.1, 0.15) is 23.7 Å². The van der Waals surface area contributed by atoms with Gasteiger partial charge in [0.1, 0.15) is 16.7 Å². The summed E-state index contributed by atoms with van der Waals surface area (Å²) in [5, 5.41) is 8.03. The van der Waals surface area contributed by atoms with Crippen molar-refractivity contribution in [2.24, 2.45) is 0 Å². The first-order valence-corrected chi connectivity index (χ1v) is 9.87. The highest BCUT2D eigenvalue weighted by Crippen LogP contribution is 2.32. The first-order chi connectivity index (χ1) is 14.6. The molecule has 4 aromatic heterocycles. The summed E-state index contributed by atoms with van der Waals surface area (Å²) in [5.41, 5.74) is 5.83. The molecule has 1 aliphatic heterocycles. The maximum Gasteiger partial charge on any atom is 0.151 e. The monoisotopic (exact) mass is 404 g/mol. The number of pyridine rings is 3. The van der Waals surface area contributed by atoms with E-state index in [4.69, 9.17) is 4.74 Å². The van der Waals surface area contributed by atoms with Crippen LogP contribution < -0.4 is 5.32 Å². The van der Waals surface area contributed by atoms with Crippen LogP contribution in [0.2, 0.25) is 0 Å². The molecule has 7 nitrogen and oxygen atoms in total. The molecule has 1 fully saturated rings. The first-order valence-electron chi connectivity index (χ1n) is 9.87. The summed E-state index contributed by atoms with van der Waals surface area (Å²) in [7, 11) is 0. The molecule has 0 bridgehead atoms. The van der Waals surface area contributed by atoms with E-state index in [1.165, 1.54) is 6.07 Å². The van der Waals surface area contributed by atoms with Crippen molar-refractivity contribution in [3.8, 4) is 11.4 Å². The fourth-order valence-electron chi connectivity index (χ4n) is 3.73. The number of hydrogen-bond acceptors (Lipinski definition) is 6. The maximum atomic E-state index is 14.4. The van der Waals surface area contributed by atoms with Gasteiger partial charge in [-0.15, -0.1) is 0 Å². The van der Waals surface area contributed by atoms with Gasteiger partial charge in [0.25, 0.3) is 0 Å². The average Bonchev–Trinajstić information content (AvgIpc) is 3.41. The quantitative estimate of drug-likeness (QED) is 0.545. The van der Waals surface area contributed by atoms with Crippen LogP contribution in [0, 0.1) is 19.7 Å². The van der Waals surface area contributed by atoms with Gasteiger partial charge in [-0.2, -0.15) is 5.10 Å². The zero-order valence-corrected chi connectivity index (χ0v) is 16.8. The number of nitrogens with one attached hydrogen (secondary N) is 1. The maximum absolute atomic E-state index is 14.4. The molecule has 30 heavy (non-hydrogen) atoms. The van der Waals surface area contributed by atoms with Gasteiger partial charge in [0.15, 0.2) is 5.82 Å². The van der Waals surface area contributed by atoms with Gasteiger partial charge in [-0.05, 0) is 50.1 Å². The third-order valence-corrected chi connectivity index (χ3v) is 5.34. The van der Waals surface area contributed by atoms with E-state index in [-0.39, 0.29) is 11.7 Å². The second-order valence-electron chi connectivity index (χ2n) is 7.49. The van der Waals surface area contributed by atoms with Crippen LogP contribution in [0.4, 0.5) is 15.8 Å². The Morgan fingerprint density at radius 3 is 2.87 bits per heavy atom. The van der Waals surface area contributed by atoms with Crippen LogP contribution in [-0.4, -0.2) is 37.9 Å². The van der Waals surface area contributed by atoms with E-state index in [0.717, 1.165) is 46.7 Å². The zero-order chi connectivity index (χ0) is 20.7. The van der Waals surface area contributed by atoms with Crippen LogP contribution in [-0.2, 0) is 4.74 Å². The Labute approximate surface area is 173 Å². The number of aryl methyl sites for hydroxylation is 2. The molecule has 0 spiro atoms. The van der Waals surface area contributed by atoms with Crippen molar-refractivity contribution in [2.75, 3.05) is 18.5 Å². The van der Waals surface area contributed by atoms with E-state index in [2.05, 4.69) is 25.4 Å². The van der Waals surface area contributed by atoms with Crippen LogP contribution in [0.25, 0.3) is 22.4 Å².